The molecule has 0 heterocycles. The zero-order valence-corrected chi connectivity index (χ0v) is 31.7. The van der Waals surface area contributed by atoms with Crippen molar-refractivity contribution in [1.82, 2.24) is 0 Å². The van der Waals surface area contributed by atoms with Crippen molar-refractivity contribution in [2.75, 3.05) is 20.8 Å². The van der Waals surface area contributed by atoms with Crippen molar-refractivity contribution >= 4 is 8.32 Å². The summed E-state index contributed by atoms with van der Waals surface area (Å²) in [6.07, 6.45) is 14.5. The Bertz CT molecular complexity index is 1510. The van der Waals surface area contributed by atoms with Gasteiger partial charge in [0.15, 0.2) is 8.32 Å². The van der Waals surface area contributed by atoms with Gasteiger partial charge >= 0.3 is 0 Å². The summed E-state index contributed by atoms with van der Waals surface area (Å²) in [5.41, 5.74) is 2.09. The van der Waals surface area contributed by atoms with Crippen LogP contribution in [0.25, 0.3) is 0 Å². The molecule has 0 saturated heterocycles. The van der Waals surface area contributed by atoms with Crippen LogP contribution in [-0.2, 0) is 14.8 Å². The molecule has 0 aromatic heterocycles. The van der Waals surface area contributed by atoms with Crippen LogP contribution in [0.2, 0.25) is 18.1 Å². The first-order chi connectivity index (χ1) is 24.0. The van der Waals surface area contributed by atoms with Crippen LogP contribution in [-0.4, -0.2) is 47.9 Å². The Morgan fingerprint density at radius 1 is 0.776 bits per heavy atom. The van der Waals surface area contributed by atoms with Crippen LogP contribution in [0.15, 0.2) is 115 Å². The molecule has 0 saturated carbocycles. The SMILES string of the molecule is [3H]O[C@H](/C=C/C#C/C=C/[C@H](CCOC(c1ccccc1)(c1ccc(OC)cc1)c1ccc(OC)cc1)O[Si](C)(C)C(C)(C)C)CC/C=C\CC. The molecule has 3 aromatic carbocycles. The Hall–Kier alpha value is -3.86. The highest BCUT2D eigenvalue weighted by atomic mass is 28.4. The molecule has 0 fully saturated rings. The normalized spacial score (nSPS) is 14.1. The maximum absolute atomic E-state index is 7.38. The fourth-order valence-electron chi connectivity index (χ4n) is 5.20. The predicted molar refractivity (Wildman–Crippen MR) is 206 cm³/mol. The van der Waals surface area contributed by atoms with E-state index in [1.807, 2.05) is 60.7 Å². The Kier molecular flexibility index (Phi) is 15.0. The second-order valence-corrected chi connectivity index (χ2v) is 18.3. The van der Waals surface area contributed by atoms with Gasteiger partial charge in [0.25, 0.3) is 0 Å². The summed E-state index contributed by atoms with van der Waals surface area (Å²) in [6, 6.07) is 26.5. The quantitative estimate of drug-likeness (QED) is 0.0627. The number of ether oxygens (including phenoxy) is 3. The van der Waals surface area contributed by atoms with Crippen LogP contribution in [0.5, 0.6) is 11.5 Å². The summed E-state index contributed by atoms with van der Waals surface area (Å²) in [5, 5.41) is 4.89. The van der Waals surface area contributed by atoms with E-state index in [4.69, 9.17) is 25.2 Å². The second kappa shape index (κ2) is 19.4. The minimum absolute atomic E-state index is 0.0337. The molecule has 3 rings (SSSR count). The highest BCUT2D eigenvalue weighted by molar-refractivity contribution is 6.74. The van der Waals surface area contributed by atoms with E-state index < -0.39 is 13.9 Å². The maximum Gasteiger partial charge on any atom is 0.211 e. The van der Waals surface area contributed by atoms with E-state index in [2.05, 4.69) is 101 Å². The minimum Gasteiger partial charge on any atom is -0.497 e. The molecule has 2 atom stereocenters. The maximum atomic E-state index is 7.38. The van der Waals surface area contributed by atoms with Crippen molar-refractivity contribution < 1.29 is 23.7 Å². The van der Waals surface area contributed by atoms with Crippen molar-refractivity contribution in [2.24, 2.45) is 0 Å². The van der Waals surface area contributed by atoms with Gasteiger partial charge in [0.1, 0.15) is 17.1 Å². The summed E-state index contributed by atoms with van der Waals surface area (Å²) in [7, 11) is 1.22. The fraction of sp³-hybridized carbons (Fsp3) is 0.395. The summed E-state index contributed by atoms with van der Waals surface area (Å²) in [5.74, 6) is 7.75. The van der Waals surface area contributed by atoms with Crippen molar-refractivity contribution in [3.05, 3.63) is 132 Å². The fourth-order valence-corrected chi connectivity index (χ4v) is 6.51. The van der Waals surface area contributed by atoms with Gasteiger partial charge < -0.3 is 23.7 Å². The second-order valence-electron chi connectivity index (χ2n) is 13.6. The Labute approximate surface area is 298 Å². The van der Waals surface area contributed by atoms with E-state index in [-0.39, 0.29) is 17.2 Å². The number of rotatable bonds is 18. The molecule has 262 valence electrons. The molecule has 0 spiro atoms. The van der Waals surface area contributed by atoms with Crippen LogP contribution in [0.3, 0.4) is 0 Å². The van der Waals surface area contributed by atoms with Crippen LogP contribution in [0.1, 0.15) is 70.1 Å². The molecular formula is C43H56O5Si. The van der Waals surface area contributed by atoms with Crippen LogP contribution >= 0.6 is 0 Å². The molecule has 0 aliphatic rings. The van der Waals surface area contributed by atoms with Gasteiger partial charge in [-0.2, -0.15) is 0 Å². The van der Waals surface area contributed by atoms with E-state index in [1.54, 1.807) is 20.3 Å². The van der Waals surface area contributed by atoms with E-state index in [0.29, 0.717) is 13.0 Å². The monoisotopic (exact) mass is 682 g/mol. The van der Waals surface area contributed by atoms with E-state index in [1.165, 1.54) is 0 Å². The average molecular weight is 683 g/mol. The number of aliphatic hydroxyl groups is 1. The summed E-state index contributed by atoms with van der Waals surface area (Å²) in [4.78, 5) is 0. The van der Waals surface area contributed by atoms with Crippen molar-refractivity contribution in [2.45, 2.75) is 89.3 Å². The molecule has 0 radical (unpaired) electrons. The number of methoxy groups -OCH3 is 2. The van der Waals surface area contributed by atoms with Gasteiger partial charge in [-0.05, 0) is 109 Å². The third-order valence-corrected chi connectivity index (χ3v) is 13.5. The standard InChI is InChI=1S/C43H56O5Si/c1-9-10-11-17-22-38(44)23-18-12-13-19-24-41(48-49(7,8)42(2,3)4)33-34-47-43(35-20-15-14-16-21-35,36-25-29-39(45-5)30-26-36)37-27-31-40(46-6)32-28-37/h10-11,14-16,18-21,23-32,38,41,44H,9,17,22,33-34H2,1-8H3/b11-10-,23-18+,24-19+/t38-,41+/m0/s1/i44T. The summed E-state index contributed by atoms with van der Waals surface area (Å²) in [6.45, 7) is 13.8. The molecular weight excluding hydrogens is 625 g/mol. The third kappa shape index (κ3) is 11.6. The number of hydrogen-bond acceptors (Lipinski definition) is 5. The topological polar surface area (TPSA) is 57.2 Å². The molecule has 0 bridgehead atoms. The highest BCUT2D eigenvalue weighted by Crippen LogP contribution is 2.42. The number of benzene rings is 3. The number of allylic oxidation sites excluding steroid dienone is 4. The number of aliphatic hydroxyl groups excluding tert-OH is 1. The van der Waals surface area contributed by atoms with Crippen LogP contribution < -0.4 is 9.47 Å². The largest absolute Gasteiger partial charge is 0.497 e. The molecule has 0 aliphatic carbocycles. The summed E-state index contributed by atoms with van der Waals surface area (Å²) < 4.78 is 32.4. The lowest BCUT2D eigenvalue weighted by Gasteiger charge is -2.39. The van der Waals surface area contributed by atoms with E-state index in [0.717, 1.165) is 47.5 Å². The lowest BCUT2D eigenvalue weighted by atomic mass is 9.80. The predicted octanol–water partition coefficient (Wildman–Crippen LogP) is 10.0. The van der Waals surface area contributed by atoms with Gasteiger partial charge in [-0.1, -0.05) is 106 Å². The zero-order chi connectivity index (χ0) is 36.5. The number of hydrogen-bond donors (Lipinski definition) is 1. The van der Waals surface area contributed by atoms with Gasteiger partial charge in [-0.25, -0.2) is 0 Å². The Balaban J connectivity index is 1.94. The highest BCUT2D eigenvalue weighted by Gasteiger charge is 2.40. The summed E-state index contributed by atoms with van der Waals surface area (Å²) >= 11 is 0. The smallest absolute Gasteiger partial charge is 0.211 e. The third-order valence-electron chi connectivity index (χ3n) is 9.04. The Morgan fingerprint density at radius 2 is 1.33 bits per heavy atom. The first-order valence-electron chi connectivity index (χ1n) is 17.7. The van der Waals surface area contributed by atoms with Gasteiger partial charge in [0, 0.05) is 0 Å². The van der Waals surface area contributed by atoms with Gasteiger partial charge in [-0.15, -0.1) is 0 Å². The van der Waals surface area contributed by atoms with E-state index >= 15 is 0 Å². The van der Waals surface area contributed by atoms with Gasteiger partial charge in [0.2, 0.25) is 1.43 Å². The van der Waals surface area contributed by atoms with Crippen molar-refractivity contribution in [3.8, 4) is 23.3 Å². The average Bonchev–Trinajstić information content (AvgIpc) is 3.12. The zero-order valence-electron chi connectivity index (χ0n) is 31.7. The molecule has 0 aliphatic heterocycles. The van der Waals surface area contributed by atoms with Gasteiger partial charge in [0.05, 0.1) is 33.0 Å². The van der Waals surface area contributed by atoms with Gasteiger partial charge in [-0.3, -0.25) is 0 Å². The lowest BCUT2D eigenvalue weighted by Crippen LogP contribution is -2.44. The molecule has 3 aromatic rings. The van der Waals surface area contributed by atoms with Crippen LogP contribution in [0, 0.1) is 11.8 Å². The molecule has 49 heavy (non-hydrogen) atoms. The molecule has 1 N–H and O–H groups in total. The molecule has 0 unspecified atom stereocenters. The molecule has 5 nitrogen and oxygen atoms in total. The van der Waals surface area contributed by atoms with Crippen molar-refractivity contribution in [3.63, 3.8) is 0 Å². The van der Waals surface area contributed by atoms with Crippen molar-refractivity contribution in [1.29, 1.82) is 1.43 Å². The van der Waals surface area contributed by atoms with Crippen LogP contribution in [0.4, 0.5) is 0 Å². The Morgan fingerprint density at radius 3 is 1.84 bits per heavy atom. The minimum atomic E-state index is -2.13. The van der Waals surface area contributed by atoms with E-state index in [9.17, 15) is 0 Å². The first-order valence-corrected chi connectivity index (χ1v) is 20.2. The molecule has 6 heteroatoms. The first kappa shape index (κ1) is 37.9. The molecule has 0 amide bonds. The lowest BCUT2D eigenvalue weighted by molar-refractivity contribution is 0.000978.